The highest BCUT2D eigenvalue weighted by Crippen LogP contribution is 2.27. The van der Waals surface area contributed by atoms with E-state index >= 15 is 0 Å². The summed E-state index contributed by atoms with van der Waals surface area (Å²) in [6, 6.07) is 8.16. The summed E-state index contributed by atoms with van der Waals surface area (Å²) in [6.07, 6.45) is 0.324. The van der Waals surface area contributed by atoms with E-state index in [4.69, 9.17) is 9.84 Å². The number of fused-ring (bicyclic) bond motifs is 1. The molecule has 2 aliphatic rings. The number of carbonyl (C=O) groups is 2. The van der Waals surface area contributed by atoms with Crippen molar-refractivity contribution in [2.24, 2.45) is 0 Å². The van der Waals surface area contributed by atoms with Crippen LogP contribution in [0.4, 0.5) is 4.79 Å². The van der Waals surface area contributed by atoms with Crippen LogP contribution in [0.2, 0.25) is 0 Å². The number of benzene rings is 1. The third-order valence-corrected chi connectivity index (χ3v) is 4.82. The maximum absolute atomic E-state index is 13.1. The van der Waals surface area contributed by atoms with Crippen molar-refractivity contribution in [1.29, 1.82) is 0 Å². The molecule has 130 valence electrons. The SMILES string of the molecule is CC1(C)COC(CC(=O)O)CN1C(=O)N1CCc2ccccc2C1. The molecule has 1 aromatic rings. The number of morpholine rings is 1. The summed E-state index contributed by atoms with van der Waals surface area (Å²) >= 11 is 0. The van der Waals surface area contributed by atoms with Crippen LogP contribution in [0.5, 0.6) is 0 Å². The van der Waals surface area contributed by atoms with Crippen molar-refractivity contribution in [1.82, 2.24) is 9.80 Å². The summed E-state index contributed by atoms with van der Waals surface area (Å²) in [5.74, 6) is -0.904. The van der Waals surface area contributed by atoms with Crippen LogP contribution >= 0.6 is 0 Å². The van der Waals surface area contributed by atoms with E-state index in [0.717, 1.165) is 6.42 Å². The highest BCUT2D eigenvalue weighted by atomic mass is 16.5. The first kappa shape index (κ1) is 16.8. The second kappa shape index (κ2) is 6.43. The monoisotopic (exact) mass is 332 g/mol. The molecule has 0 spiro atoms. The van der Waals surface area contributed by atoms with Crippen molar-refractivity contribution in [2.45, 2.75) is 44.9 Å². The zero-order valence-corrected chi connectivity index (χ0v) is 14.2. The van der Waals surface area contributed by atoms with Gasteiger partial charge in [-0.3, -0.25) is 4.79 Å². The highest BCUT2D eigenvalue weighted by molar-refractivity contribution is 5.76. The zero-order chi connectivity index (χ0) is 17.3. The molecule has 0 radical (unpaired) electrons. The Labute approximate surface area is 142 Å². The van der Waals surface area contributed by atoms with Gasteiger partial charge in [-0.2, -0.15) is 0 Å². The van der Waals surface area contributed by atoms with Gasteiger partial charge in [0, 0.05) is 19.6 Å². The Morgan fingerprint density at radius 1 is 1.29 bits per heavy atom. The van der Waals surface area contributed by atoms with Gasteiger partial charge in [0.15, 0.2) is 0 Å². The van der Waals surface area contributed by atoms with E-state index in [9.17, 15) is 9.59 Å². The predicted octanol–water partition coefficient (Wildman–Crippen LogP) is 2.12. The first-order chi connectivity index (χ1) is 11.4. The minimum Gasteiger partial charge on any atom is -0.481 e. The van der Waals surface area contributed by atoms with Crippen LogP contribution in [0.15, 0.2) is 24.3 Å². The molecule has 1 aromatic carbocycles. The second-order valence-electron chi connectivity index (χ2n) is 7.18. The first-order valence-corrected chi connectivity index (χ1v) is 8.33. The summed E-state index contributed by atoms with van der Waals surface area (Å²) in [7, 11) is 0. The van der Waals surface area contributed by atoms with Gasteiger partial charge < -0.3 is 19.6 Å². The van der Waals surface area contributed by atoms with Crippen LogP contribution in [-0.2, 0) is 22.5 Å². The smallest absolute Gasteiger partial charge is 0.320 e. The Hall–Kier alpha value is -2.08. The molecule has 0 saturated carbocycles. The van der Waals surface area contributed by atoms with Gasteiger partial charge in [0.1, 0.15) is 0 Å². The Morgan fingerprint density at radius 2 is 2.00 bits per heavy atom. The number of hydrogen-bond acceptors (Lipinski definition) is 3. The minimum atomic E-state index is -0.904. The molecule has 2 amide bonds. The van der Waals surface area contributed by atoms with E-state index in [1.165, 1.54) is 11.1 Å². The quantitative estimate of drug-likeness (QED) is 0.900. The molecule has 1 saturated heterocycles. The van der Waals surface area contributed by atoms with Crippen LogP contribution < -0.4 is 0 Å². The lowest BCUT2D eigenvalue weighted by atomic mass is 9.98. The van der Waals surface area contributed by atoms with Gasteiger partial charge in [-0.15, -0.1) is 0 Å². The largest absolute Gasteiger partial charge is 0.481 e. The molecule has 6 nitrogen and oxygen atoms in total. The lowest BCUT2D eigenvalue weighted by molar-refractivity contribution is -0.145. The first-order valence-electron chi connectivity index (χ1n) is 8.33. The van der Waals surface area contributed by atoms with Gasteiger partial charge in [-0.1, -0.05) is 24.3 Å². The minimum absolute atomic E-state index is 0.0341. The molecule has 0 aliphatic carbocycles. The van der Waals surface area contributed by atoms with Crippen molar-refractivity contribution in [3.8, 4) is 0 Å². The average Bonchev–Trinajstić information content (AvgIpc) is 2.55. The molecule has 2 heterocycles. The van der Waals surface area contributed by atoms with Crippen LogP contribution in [0, 0.1) is 0 Å². The van der Waals surface area contributed by atoms with Gasteiger partial charge in [0.05, 0.1) is 24.7 Å². The Morgan fingerprint density at radius 3 is 2.71 bits per heavy atom. The van der Waals surface area contributed by atoms with E-state index in [-0.39, 0.29) is 12.5 Å². The number of nitrogens with zero attached hydrogens (tertiary/aromatic N) is 2. The Bertz CT molecular complexity index is 644. The highest BCUT2D eigenvalue weighted by Gasteiger charge is 2.40. The third-order valence-electron chi connectivity index (χ3n) is 4.82. The fourth-order valence-corrected chi connectivity index (χ4v) is 3.39. The molecule has 2 aliphatic heterocycles. The molecule has 1 N–H and O–H groups in total. The maximum Gasteiger partial charge on any atom is 0.320 e. The lowest BCUT2D eigenvalue weighted by Crippen LogP contribution is -2.61. The van der Waals surface area contributed by atoms with E-state index in [1.54, 1.807) is 4.90 Å². The van der Waals surface area contributed by atoms with Crippen molar-refractivity contribution in [3.05, 3.63) is 35.4 Å². The number of carbonyl (C=O) groups excluding carboxylic acids is 1. The van der Waals surface area contributed by atoms with Crippen LogP contribution in [-0.4, -0.2) is 58.2 Å². The van der Waals surface area contributed by atoms with Crippen molar-refractivity contribution < 1.29 is 19.4 Å². The summed E-state index contributed by atoms with van der Waals surface area (Å²) < 4.78 is 5.63. The number of aliphatic carboxylic acids is 1. The van der Waals surface area contributed by atoms with E-state index in [2.05, 4.69) is 12.1 Å². The molecule has 24 heavy (non-hydrogen) atoms. The molecular weight excluding hydrogens is 308 g/mol. The van der Waals surface area contributed by atoms with Gasteiger partial charge in [-0.05, 0) is 31.4 Å². The lowest BCUT2D eigenvalue weighted by Gasteiger charge is -2.47. The maximum atomic E-state index is 13.1. The number of urea groups is 1. The number of rotatable bonds is 2. The average molecular weight is 332 g/mol. The summed E-state index contributed by atoms with van der Waals surface area (Å²) in [4.78, 5) is 27.6. The summed E-state index contributed by atoms with van der Waals surface area (Å²) in [6.45, 7) is 5.87. The van der Waals surface area contributed by atoms with Crippen LogP contribution in [0.3, 0.4) is 0 Å². The summed E-state index contributed by atoms with van der Waals surface area (Å²) in [5.41, 5.74) is 2.04. The topological polar surface area (TPSA) is 70.1 Å². The second-order valence-corrected chi connectivity index (χ2v) is 7.18. The normalized spacial score (nSPS) is 22.8. The fourth-order valence-electron chi connectivity index (χ4n) is 3.39. The number of amides is 2. The molecule has 6 heteroatoms. The molecule has 0 aromatic heterocycles. The van der Waals surface area contributed by atoms with Gasteiger partial charge >= 0.3 is 12.0 Å². The third kappa shape index (κ3) is 3.38. The molecule has 1 atom stereocenters. The van der Waals surface area contributed by atoms with Gasteiger partial charge in [0.25, 0.3) is 0 Å². The molecule has 1 unspecified atom stereocenters. The molecule has 1 fully saturated rings. The zero-order valence-electron chi connectivity index (χ0n) is 14.2. The number of carboxylic acid groups (broad SMARTS) is 1. The van der Waals surface area contributed by atoms with Crippen molar-refractivity contribution >= 4 is 12.0 Å². The fraction of sp³-hybridized carbons (Fsp3) is 0.556. The van der Waals surface area contributed by atoms with Gasteiger partial charge in [0.2, 0.25) is 0 Å². The van der Waals surface area contributed by atoms with Crippen molar-refractivity contribution in [3.63, 3.8) is 0 Å². The van der Waals surface area contributed by atoms with E-state index < -0.39 is 17.6 Å². The Balaban J connectivity index is 1.74. The number of hydrogen-bond donors (Lipinski definition) is 1. The molecule has 0 bridgehead atoms. The molecule has 3 rings (SSSR count). The Kier molecular flexibility index (Phi) is 4.49. The van der Waals surface area contributed by atoms with Crippen LogP contribution in [0.25, 0.3) is 0 Å². The predicted molar refractivity (Wildman–Crippen MR) is 88.7 cm³/mol. The molecular formula is C18H24N2O4. The standard InChI is InChI=1S/C18H24N2O4/c1-18(2)12-24-15(9-16(21)22)11-20(18)17(23)19-8-7-13-5-3-4-6-14(13)10-19/h3-6,15H,7-12H2,1-2H3,(H,21,22). The van der Waals surface area contributed by atoms with E-state index in [0.29, 0.717) is 26.2 Å². The van der Waals surface area contributed by atoms with Crippen molar-refractivity contribution in [2.75, 3.05) is 19.7 Å². The number of ether oxygens (including phenoxy) is 1. The summed E-state index contributed by atoms with van der Waals surface area (Å²) in [5, 5.41) is 8.98. The number of carboxylic acids is 1. The van der Waals surface area contributed by atoms with E-state index in [1.807, 2.05) is 30.9 Å². The van der Waals surface area contributed by atoms with Crippen LogP contribution in [0.1, 0.15) is 31.4 Å². The van der Waals surface area contributed by atoms with Gasteiger partial charge in [-0.25, -0.2) is 4.79 Å².